The smallest absolute Gasteiger partial charge is 0.326 e. The minimum Gasteiger partial charge on any atom is -0.481 e. The Bertz CT molecular complexity index is 376. The minimum absolute atomic E-state index is 0.156. The van der Waals surface area contributed by atoms with Crippen LogP contribution in [0.2, 0.25) is 0 Å². The summed E-state index contributed by atoms with van der Waals surface area (Å²) < 4.78 is 0. The molecule has 3 atom stereocenters. The molecule has 1 saturated heterocycles. The van der Waals surface area contributed by atoms with Crippen LogP contribution in [0.3, 0.4) is 0 Å². The van der Waals surface area contributed by atoms with Crippen LogP contribution < -0.4 is 10.6 Å². The highest BCUT2D eigenvalue weighted by atomic mass is 16.4. The van der Waals surface area contributed by atoms with Crippen molar-refractivity contribution in [1.29, 1.82) is 0 Å². The fourth-order valence-corrected chi connectivity index (χ4v) is 2.15. The van der Waals surface area contributed by atoms with Gasteiger partial charge < -0.3 is 20.8 Å². The molecule has 1 amide bonds. The molecule has 1 rings (SSSR count). The van der Waals surface area contributed by atoms with Crippen molar-refractivity contribution in [3.63, 3.8) is 0 Å². The third-order valence-electron chi connectivity index (χ3n) is 3.39. The standard InChI is InChI=1S/C8H15NO3.C7H13NO2/c1-5(2)4-7(8(11)12)9-6(3)10;1-5-2-3-6(4-8-5)7(9)10/h5,7H,4H2,1-3H3,(H,9,10)(H,11,12);5-6,8H,2-4H2,1H3,(H,9,10)/t;5-,6+/m.0/s1. The molecule has 0 saturated carbocycles. The summed E-state index contributed by atoms with van der Waals surface area (Å²) >= 11 is 0. The van der Waals surface area contributed by atoms with E-state index in [1.165, 1.54) is 6.92 Å². The van der Waals surface area contributed by atoms with E-state index in [4.69, 9.17) is 10.2 Å². The number of carboxylic acids is 2. The summed E-state index contributed by atoms with van der Waals surface area (Å²) in [5.41, 5.74) is 0. The molecule has 0 spiro atoms. The van der Waals surface area contributed by atoms with Crippen LogP contribution in [-0.2, 0) is 14.4 Å². The van der Waals surface area contributed by atoms with Gasteiger partial charge in [-0.3, -0.25) is 9.59 Å². The lowest BCUT2D eigenvalue weighted by atomic mass is 9.96. The van der Waals surface area contributed by atoms with Crippen LogP contribution in [0, 0.1) is 11.8 Å². The Labute approximate surface area is 131 Å². The van der Waals surface area contributed by atoms with Crippen LogP contribution >= 0.6 is 0 Å². The van der Waals surface area contributed by atoms with E-state index in [0.717, 1.165) is 12.8 Å². The average Bonchev–Trinajstić information content (AvgIpc) is 2.38. The van der Waals surface area contributed by atoms with Crippen LogP contribution in [0.1, 0.15) is 47.0 Å². The molecule has 1 heterocycles. The van der Waals surface area contributed by atoms with Gasteiger partial charge in [-0.1, -0.05) is 13.8 Å². The molecule has 1 fully saturated rings. The van der Waals surface area contributed by atoms with Crippen molar-refractivity contribution in [1.82, 2.24) is 10.6 Å². The Kier molecular flexibility index (Phi) is 9.40. The number of carbonyl (C=O) groups excluding carboxylic acids is 1. The van der Waals surface area contributed by atoms with E-state index in [2.05, 4.69) is 17.6 Å². The third-order valence-corrected chi connectivity index (χ3v) is 3.39. The molecule has 0 aromatic rings. The zero-order valence-electron chi connectivity index (χ0n) is 13.8. The van der Waals surface area contributed by atoms with E-state index in [1.807, 2.05) is 13.8 Å². The van der Waals surface area contributed by atoms with Crippen LogP contribution in [-0.4, -0.2) is 46.7 Å². The van der Waals surface area contributed by atoms with Crippen molar-refractivity contribution in [2.45, 2.75) is 59.0 Å². The summed E-state index contributed by atoms with van der Waals surface area (Å²) in [4.78, 5) is 31.5. The average molecular weight is 316 g/mol. The minimum atomic E-state index is -0.973. The summed E-state index contributed by atoms with van der Waals surface area (Å²) in [6.07, 6.45) is 2.27. The van der Waals surface area contributed by atoms with Gasteiger partial charge in [-0.15, -0.1) is 0 Å². The first kappa shape index (κ1) is 20.4. The third kappa shape index (κ3) is 9.33. The number of piperidine rings is 1. The van der Waals surface area contributed by atoms with Crippen LogP contribution in [0.4, 0.5) is 0 Å². The molecule has 0 aromatic heterocycles. The number of nitrogens with one attached hydrogen (secondary N) is 2. The molecule has 0 radical (unpaired) electrons. The highest BCUT2D eigenvalue weighted by molar-refractivity contribution is 5.81. The van der Waals surface area contributed by atoms with Gasteiger partial charge in [-0.2, -0.15) is 0 Å². The summed E-state index contributed by atoms with van der Waals surface area (Å²) in [6, 6.07) is -0.252. The Morgan fingerprint density at radius 2 is 1.82 bits per heavy atom. The molecule has 1 unspecified atom stereocenters. The maximum Gasteiger partial charge on any atom is 0.326 e. The van der Waals surface area contributed by atoms with Crippen molar-refractivity contribution in [2.75, 3.05) is 6.54 Å². The second-order valence-corrected chi connectivity index (χ2v) is 6.14. The number of carbonyl (C=O) groups is 3. The van der Waals surface area contributed by atoms with Crippen molar-refractivity contribution < 1.29 is 24.6 Å². The second-order valence-electron chi connectivity index (χ2n) is 6.14. The normalized spacial score (nSPS) is 22.2. The highest BCUT2D eigenvalue weighted by Gasteiger charge is 2.22. The molecular weight excluding hydrogens is 288 g/mol. The van der Waals surface area contributed by atoms with Gasteiger partial charge in [-0.05, 0) is 32.1 Å². The highest BCUT2D eigenvalue weighted by Crippen LogP contribution is 2.13. The van der Waals surface area contributed by atoms with Gasteiger partial charge in [0, 0.05) is 19.5 Å². The summed E-state index contributed by atoms with van der Waals surface area (Å²) in [5.74, 6) is -1.84. The fraction of sp³-hybridized carbons (Fsp3) is 0.800. The van der Waals surface area contributed by atoms with Crippen LogP contribution in [0.25, 0.3) is 0 Å². The van der Waals surface area contributed by atoms with Gasteiger partial charge >= 0.3 is 11.9 Å². The van der Waals surface area contributed by atoms with Crippen molar-refractivity contribution >= 4 is 17.8 Å². The summed E-state index contributed by atoms with van der Waals surface area (Å²) in [7, 11) is 0. The lowest BCUT2D eigenvalue weighted by Gasteiger charge is -2.24. The van der Waals surface area contributed by atoms with E-state index in [9.17, 15) is 14.4 Å². The molecule has 4 N–H and O–H groups in total. The first-order chi connectivity index (χ1) is 10.1. The number of amides is 1. The predicted molar refractivity (Wildman–Crippen MR) is 82.5 cm³/mol. The molecule has 22 heavy (non-hydrogen) atoms. The van der Waals surface area contributed by atoms with Gasteiger partial charge in [0.2, 0.25) is 5.91 Å². The number of hydrogen-bond donors (Lipinski definition) is 4. The molecule has 1 aliphatic rings. The van der Waals surface area contributed by atoms with Crippen molar-refractivity contribution in [2.24, 2.45) is 11.8 Å². The predicted octanol–water partition coefficient (Wildman–Crippen LogP) is 1.08. The molecule has 7 heteroatoms. The van der Waals surface area contributed by atoms with Crippen molar-refractivity contribution in [3.05, 3.63) is 0 Å². The van der Waals surface area contributed by atoms with E-state index >= 15 is 0 Å². The fourth-order valence-electron chi connectivity index (χ4n) is 2.15. The number of aliphatic carboxylic acids is 2. The van der Waals surface area contributed by atoms with Gasteiger partial charge in [0.1, 0.15) is 6.04 Å². The van der Waals surface area contributed by atoms with E-state index < -0.39 is 18.0 Å². The molecule has 1 aliphatic heterocycles. The van der Waals surface area contributed by atoms with Gasteiger partial charge in [0.15, 0.2) is 0 Å². The Morgan fingerprint density at radius 3 is 2.14 bits per heavy atom. The zero-order valence-corrected chi connectivity index (χ0v) is 13.8. The maximum atomic E-state index is 10.6. The second kappa shape index (κ2) is 10.2. The molecular formula is C15H28N2O5. The SMILES string of the molecule is CC(=O)NC(CC(C)C)C(=O)O.C[C@H]1CC[C@@H](C(=O)O)CN1. The molecule has 7 nitrogen and oxygen atoms in total. The lowest BCUT2D eigenvalue weighted by Crippen LogP contribution is -2.40. The number of carboxylic acid groups (broad SMARTS) is 2. The summed E-state index contributed by atoms with van der Waals surface area (Å²) in [5, 5.41) is 22.7. The first-order valence-corrected chi connectivity index (χ1v) is 7.59. The van der Waals surface area contributed by atoms with Gasteiger partial charge in [0.05, 0.1) is 5.92 Å². The zero-order chi connectivity index (χ0) is 17.3. The largest absolute Gasteiger partial charge is 0.481 e. The Hall–Kier alpha value is -1.63. The summed E-state index contributed by atoms with van der Waals surface area (Å²) in [6.45, 7) is 7.86. The van der Waals surface area contributed by atoms with E-state index in [1.54, 1.807) is 0 Å². The first-order valence-electron chi connectivity index (χ1n) is 7.59. The quantitative estimate of drug-likeness (QED) is 0.603. The van der Waals surface area contributed by atoms with Crippen LogP contribution in [0.5, 0.6) is 0 Å². The van der Waals surface area contributed by atoms with Gasteiger partial charge in [-0.25, -0.2) is 4.79 Å². The topological polar surface area (TPSA) is 116 Å². The monoisotopic (exact) mass is 316 g/mol. The number of rotatable bonds is 5. The molecule has 128 valence electrons. The molecule has 0 aliphatic carbocycles. The molecule has 0 aromatic carbocycles. The lowest BCUT2D eigenvalue weighted by molar-refractivity contribution is -0.142. The Morgan fingerprint density at radius 1 is 1.23 bits per heavy atom. The Balaban J connectivity index is 0.000000406. The van der Waals surface area contributed by atoms with Gasteiger partial charge in [0.25, 0.3) is 0 Å². The maximum absolute atomic E-state index is 10.6. The van der Waals surface area contributed by atoms with E-state index in [0.29, 0.717) is 19.0 Å². The van der Waals surface area contributed by atoms with Crippen molar-refractivity contribution in [3.8, 4) is 0 Å². The molecule has 0 bridgehead atoms. The van der Waals surface area contributed by atoms with E-state index in [-0.39, 0.29) is 17.7 Å². The number of hydrogen-bond acceptors (Lipinski definition) is 4. The van der Waals surface area contributed by atoms with Crippen LogP contribution in [0.15, 0.2) is 0 Å².